The third-order valence-electron chi connectivity index (χ3n) is 3.30. The highest BCUT2D eigenvalue weighted by atomic mass is 19.1. The van der Waals surface area contributed by atoms with Crippen molar-refractivity contribution in [2.75, 3.05) is 11.4 Å². The highest BCUT2D eigenvalue weighted by Gasteiger charge is 2.26. The lowest BCUT2D eigenvalue weighted by atomic mass is 9.96. The van der Waals surface area contributed by atoms with Gasteiger partial charge < -0.3 is 4.90 Å². The first-order valence-electron chi connectivity index (χ1n) is 6.24. The molecule has 2 nitrogen and oxygen atoms in total. The summed E-state index contributed by atoms with van der Waals surface area (Å²) in [4.78, 5) is 13.7. The monoisotopic (exact) mass is 235 g/mol. The minimum atomic E-state index is -0.213. The van der Waals surface area contributed by atoms with Crippen molar-refractivity contribution in [3.8, 4) is 0 Å². The molecule has 1 atom stereocenters. The molecule has 0 amide bonds. The van der Waals surface area contributed by atoms with Crippen molar-refractivity contribution in [3.63, 3.8) is 0 Å². The normalized spacial score (nSPS) is 20.7. The Kier molecular flexibility index (Phi) is 3.77. The van der Waals surface area contributed by atoms with Crippen LogP contribution in [0.25, 0.3) is 0 Å². The van der Waals surface area contributed by atoms with Crippen molar-refractivity contribution in [1.82, 2.24) is 0 Å². The number of rotatable bonds is 3. The van der Waals surface area contributed by atoms with Gasteiger partial charge in [0, 0.05) is 31.1 Å². The number of benzene rings is 1. The molecule has 1 aromatic carbocycles. The first-order valence-corrected chi connectivity index (χ1v) is 6.24. The topological polar surface area (TPSA) is 20.3 Å². The second-order valence-corrected chi connectivity index (χ2v) is 4.61. The van der Waals surface area contributed by atoms with E-state index in [0.717, 1.165) is 18.5 Å². The van der Waals surface area contributed by atoms with Gasteiger partial charge in [0.2, 0.25) is 0 Å². The molecule has 0 radical (unpaired) electrons. The third kappa shape index (κ3) is 2.84. The van der Waals surface area contributed by atoms with E-state index in [2.05, 4.69) is 11.8 Å². The van der Waals surface area contributed by atoms with Gasteiger partial charge in [-0.15, -0.1) is 0 Å². The van der Waals surface area contributed by atoms with Gasteiger partial charge >= 0.3 is 0 Å². The van der Waals surface area contributed by atoms with Crippen LogP contribution in [0.3, 0.4) is 0 Å². The number of anilines is 1. The number of Topliss-reactive ketones (excluding diaryl/α,β-unsaturated/α-hetero) is 1. The molecule has 1 unspecified atom stereocenters. The van der Waals surface area contributed by atoms with Crippen molar-refractivity contribution in [3.05, 3.63) is 30.1 Å². The van der Waals surface area contributed by atoms with E-state index in [9.17, 15) is 9.18 Å². The molecule has 1 aliphatic rings. The number of ketones is 1. The van der Waals surface area contributed by atoms with E-state index < -0.39 is 0 Å². The van der Waals surface area contributed by atoms with Gasteiger partial charge in [-0.2, -0.15) is 0 Å². The average Bonchev–Trinajstić information content (AvgIpc) is 2.29. The summed E-state index contributed by atoms with van der Waals surface area (Å²) in [6.07, 6.45) is 3.22. The fraction of sp³-hybridized carbons (Fsp3) is 0.500. The SMILES string of the molecule is CCCC1CC(=O)CCN1c1cccc(F)c1. The van der Waals surface area contributed by atoms with Gasteiger partial charge in [-0.05, 0) is 24.6 Å². The summed E-state index contributed by atoms with van der Waals surface area (Å²) in [6, 6.07) is 6.89. The second-order valence-electron chi connectivity index (χ2n) is 4.61. The Morgan fingerprint density at radius 1 is 1.47 bits per heavy atom. The lowest BCUT2D eigenvalue weighted by molar-refractivity contribution is -0.120. The van der Waals surface area contributed by atoms with Gasteiger partial charge in [0.15, 0.2) is 0 Å². The van der Waals surface area contributed by atoms with Crippen LogP contribution in [0.2, 0.25) is 0 Å². The zero-order valence-corrected chi connectivity index (χ0v) is 10.2. The van der Waals surface area contributed by atoms with E-state index in [-0.39, 0.29) is 11.9 Å². The van der Waals surface area contributed by atoms with Crippen LogP contribution >= 0.6 is 0 Å². The molecular weight excluding hydrogens is 217 g/mol. The molecule has 2 rings (SSSR count). The summed E-state index contributed by atoms with van der Waals surface area (Å²) in [5.74, 6) is 0.116. The minimum Gasteiger partial charge on any atom is -0.368 e. The summed E-state index contributed by atoms with van der Waals surface area (Å²) in [5.41, 5.74) is 0.899. The Labute approximate surface area is 101 Å². The summed E-state index contributed by atoms with van der Waals surface area (Å²) in [7, 11) is 0. The van der Waals surface area contributed by atoms with Crippen LogP contribution in [-0.2, 0) is 4.79 Å². The van der Waals surface area contributed by atoms with E-state index in [4.69, 9.17) is 0 Å². The number of halogens is 1. The summed E-state index contributed by atoms with van der Waals surface area (Å²) in [6.45, 7) is 2.83. The third-order valence-corrected chi connectivity index (χ3v) is 3.30. The summed E-state index contributed by atoms with van der Waals surface area (Å²) in [5, 5.41) is 0. The predicted octanol–water partition coefficient (Wildman–Crippen LogP) is 3.16. The fourth-order valence-electron chi connectivity index (χ4n) is 2.49. The van der Waals surface area contributed by atoms with Gasteiger partial charge in [0.25, 0.3) is 0 Å². The smallest absolute Gasteiger partial charge is 0.136 e. The molecule has 0 spiro atoms. The summed E-state index contributed by atoms with van der Waals surface area (Å²) < 4.78 is 13.2. The maximum Gasteiger partial charge on any atom is 0.136 e. The van der Waals surface area contributed by atoms with Crippen LogP contribution < -0.4 is 4.90 Å². The predicted molar refractivity (Wildman–Crippen MR) is 66.7 cm³/mol. The van der Waals surface area contributed by atoms with Gasteiger partial charge in [-0.1, -0.05) is 19.4 Å². The van der Waals surface area contributed by atoms with Gasteiger partial charge in [-0.3, -0.25) is 4.79 Å². The van der Waals surface area contributed by atoms with E-state index in [1.807, 2.05) is 6.07 Å². The van der Waals surface area contributed by atoms with Gasteiger partial charge in [0.05, 0.1) is 0 Å². The molecule has 1 fully saturated rings. The van der Waals surface area contributed by atoms with Crippen LogP contribution in [-0.4, -0.2) is 18.4 Å². The van der Waals surface area contributed by atoms with Crippen LogP contribution in [0, 0.1) is 5.82 Å². The zero-order valence-electron chi connectivity index (χ0n) is 10.2. The lowest BCUT2D eigenvalue weighted by Crippen LogP contribution is -2.42. The number of hydrogen-bond donors (Lipinski definition) is 0. The summed E-state index contributed by atoms with van der Waals surface area (Å²) >= 11 is 0. The van der Waals surface area contributed by atoms with E-state index >= 15 is 0 Å². The standard InChI is InChI=1S/C14H18FNO/c1-2-4-12-10-14(17)7-8-16(12)13-6-3-5-11(15)9-13/h3,5-6,9,12H,2,4,7-8,10H2,1H3. The Hall–Kier alpha value is -1.38. The molecule has 92 valence electrons. The molecule has 1 aromatic rings. The molecule has 1 saturated heterocycles. The van der Waals surface area contributed by atoms with E-state index in [1.165, 1.54) is 6.07 Å². The highest BCUT2D eigenvalue weighted by molar-refractivity contribution is 5.81. The Balaban J connectivity index is 2.19. The van der Waals surface area contributed by atoms with Crippen LogP contribution in [0.15, 0.2) is 24.3 Å². The maximum atomic E-state index is 13.2. The van der Waals surface area contributed by atoms with Crippen LogP contribution in [0.4, 0.5) is 10.1 Å². The molecule has 0 saturated carbocycles. The number of carbonyl (C=O) groups excluding carboxylic acids is 1. The van der Waals surface area contributed by atoms with Crippen molar-refractivity contribution in [2.45, 2.75) is 38.6 Å². The maximum absolute atomic E-state index is 13.2. The minimum absolute atomic E-state index is 0.213. The quantitative estimate of drug-likeness (QED) is 0.802. The fourth-order valence-corrected chi connectivity index (χ4v) is 2.49. The number of piperidine rings is 1. The van der Waals surface area contributed by atoms with Crippen LogP contribution in [0.1, 0.15) is 32.6 Å². The Bertz CT molecular complexity index is 405. The first kappa shape index (κ1) is 12.1. The van der Waals surface area contributed by atoms with Gasteiger partial charge in [-0.25, -0.2) is 4.39 Å². The molecular formula is C14H18FNO. The Morgan fingerprint density at radius 3 is 3.00 bits per heavy atom. The van der Waals surface area contributed by atoms with Crippen molar-refractivity contribution in [2.24, 2.45) is 0 Å². The molecule has 1 aliphatic heterocycles. The van der Waals surface area contributed by atoms with Crippen molar-refractivity contribution >= 4 is 11.5 Å². The molecule has 17 heavy (non-hydrogen) atoms. The van der Waals surface area contributed by atoms with Crippen LogP contribution in [0.5, 0.6) is 0 Å². The average molecular weight is 235 g/mol. The molecule has 0 N–H and O–H groups in total. The first-order chi connectivity index (χ1) is 8.20. The van der Waals surface area contributed by atoms with Crippen molar-refractivity contribution < 1.29 is 9.18 Å². The van der Waals surface area contributed by atoms with E-state index in [0.29, 0.717) is 25.2 Å². The van der Waals surface area contributed by atoms with E-state index in [1.54, 1.807) is 12.1 Å². The zero-order chi connectivity index (χ0) is 12.3. The molecule has 3 heteroatoms. The number of carbonyl (C=O) groups is 1. The molecule has 1 heterocycles. The largest absolute Gasteiger partial charge is 0.368 e. The molecule has 0 aliphatic carbocycles. The highest BCUT2D eigenvalue weighted by Crippen LogP contribution is 2.26. The Morgan fingerprint density at radius 2 is 2.29 bits per heavy atom. The second kappa shape index (κ2) is 5.30. The van der Waals surface area contributed by atoms with Crippen molar-refractivity contribution in [1.29, 1.82) is 0 Å². The lowest BCUT2D eigenvalue weighted by Gasteiger charge is -2.37. The van der Waals surface area contributed by atoms with Gasteiger partial charge in [0.1, 0.15) is 11.6 Å². The number of nitrogens with zero attached hydrogens (tertiary/aromatic N) is 1. The molecule has 0 aromatic heterocycles. The molecule has 0 bridgehead atoms. The number of hydrogen-bond acceptors (Lipinski definition) is 2.